The zero-order chi connectivity index (χ0) is 20.9. The molecule has 0 saturated carbocycles. The largest absolute Gasteiger partial charge is 0.497 e. The van der Waals surface area contributed by atoms with E-state index >= 15 is 0 Å². The molecule has 4 aromatic rings. The summed E-state index contributed by atoms with van der Waals surface area (Å²) in [6, 6.07) is 26.1. The van der Waals surface area contributed by atoms with Gasteiger partial charge in [0.1, 0.15) is 16.9 Å². The minimum Gasteiger partial charge on any atom is -0.497 e. The van der Waals surface area contributed by atoms with Gasteiger partial charge in [0, 0.05) is 18.5 Å². The number of hydrogen-bond acceptors (Lipinski definition) is 4. The number of carbonyl (C=O) groups is 1. The zero-order valence-corrected chi connectivity index (χ0v) is 16.6. The van der Waals surface area contributed by atoms with Crippen molar-refractivity contribution in [3.8, 4) is 5.75 Å². The van der Waals surface area contributed by atoms with Crippen molar-refractivity contribution in [2.75, 3.05) is 7.11 Å². The van der Waals surface area contributed by atoms with E-state index in [0.29, 0.717) is 29.8 Å². The minimum absolute atomic E-state index is 0.00242. The number of ether oxygens (including phenoxy) is 1. The summed E-state index contributed by atoms with van der Waals surface area (Å²) < 4.78 is 10.6. The summed E-state index contributed by atoms with van der Waals surface area (Å²) in [5, 5.41) is 0.636. The average Bonchev–Trinajstić information content (AvgIpc) is 2.79. The summed E-state index contributed by atoms with van der Waals surface area (Å²) in [7, 11) is 1.56. The lowest BCUT2D eigenvalue weighted by molar-refractivity contribution is 0.0726. The second-order valence-corrected chi connectivity index (χ2v) is 6.98. The third-order valence-electron chi connectivity index (χ3n) is 4.89. The molecule has 0 atom stereocenters. The molecule has 1 amide bonds. The van der Waals surface area contributed by atoms with E-state index in [-0.39, 0.29) is 11.5 Å². The van der Waals surface area contributed by atoms with Gasteiger partial charge >= 0.3 is 5.63 Å². The van der Waals surface area contributed by atoms with Crippen LogP contribution < -0.4 is 10.4 Å². The van der Waals surface area contributed by atoms with Crippen LogP contribution in [0.15, 0.2) is 94.1 Å². The molecule has 0 aliphatic rings. The molecule has 5 heteroatoms. The molecule has 4 rings (SSSR count). The lowest BCUT2D eigenvalue weighted by atomic mass is 10.1. The molecule has 1 aromatic heterocycles. The number of amides is 1. The van der Waals surface area contributed by atoms with Crippen LogP contribution >= 0.6 is 0 Å². The van der Waals surface area contributed by atoms with Crippen LogP contribution in [0.4, 0.5) is 0 Å². The van der Waals surface area contributed by atoms with Gasteiger partial charge in [-0.15, -0.1) is 0 Å². The van der Waals surface area contributed by atoms with Crippen LogP contribution in [0, 0.1) is 0 Å². The van der Waals surface area contributed by atoms with Crippen molar-refractivity contribution in [2.24, 2.45) is 0 Å². The molecule has 0 saturated heterocycles. The van der Waals surface area contributed by atoms with Crippen LogP contribution in [-0.4, -0.2) is 17.9 Å². The van der Waals surface area contributed by atoms with E-state index < -0.39 is 5.63 Å². The predicted molar refractivity (Wildman–Crippen MR) is 115 cm³/mol. The molecule has 0 unspecified atom stereocenters. The Labute approximate surface area is 174 Å². The Morgan fingerprint density at radius 2 is 1.47 bits per heavy atom. The maximum atomic E-state index is 13.4. The number of carbonyl (C=O) groups excluding carboxylic acids is 1. The summed E-state index contributed by atoms with van der Waals surface area (Å²) in [6.07, 6.45) is 0. The summed E-state index contributed by atoms with van der Waals surface area (Å²) in [4.78, 5) is 27.7. The van der Waals surface area contributed by atoms with E-state index in [1.807, 2.05) is 60.7 Å². The Bertz CT molecular complexity index is 1170. The fourth-order valence-electron chi connectivity index (χ4n) is 3.36. The third-order valence-corrected chi connectivity index (χ3v) is 4.89. The van der Waals surface area contributed by atoms with Crippen LogP contribution in [0.2, 0.25) is 0 Å². The van der Waals surface area contributed by atoms with E-state index in [9.17, 15) is 9.59 Å². The Balaban J connectivity index is 1.73. The first-order valence-corrected chi connectivity index (χ1v) is 9.63. The van der Waals surface area contributed by atoms with Gasteiger partial charge in [0.15, 0.2) is 0 Å². The van der Waals surface area contributed by atoms with Gasteiger partial charge in [0.2, 0.25) is 0 Å². The van der Waals surface area contributed by atoms with Crippen molar-refractivity contribution in [3.63, 3.8) is 0 Å². The van der Waals surface area contributed by atoms with E-state index in [1.165, 1.54) is 0 Å². The van der Waals surface area contributed by atoms with E-state index in [4.69, 9.17) is 9.15 Å². The predicted octanol–water partition coefficient (Wildman–Crippen LogP) is 4.64. The molecular formula is C25H21NO4. The molecule has 30 heavy (non-hydrogen) atoms. The van der Waals surface area contributed by atoms with Gasteiger partial charge in [-0.2, -0.15) is 0 Å². The van der Waals surface area contributed by atoms with Crippen molar-refractivity contribution in [2.45, 2.75) is 13.1 Å². The fourth-order valence-corrected chi connectivity index (χ4v) is 3.36. The zero-order valence-electron chi connectivity index (χ0n) is 16.6. The molecule has 0 aliphatic carbocycles. The molecule has 0 N–H and O–H groups in total. The first-order valence-electron chi connectivity index (χ1n) is 9.63. The van der Waals surface area contributed by atoms with Gasteiger partial charge in [-0.1, -0.05) is 60.7 Å². The molecule has 150 valence electrons. The van der Waals surface area contributed by atoms with Crippen molar-refractivity contribution in [1.29, 1.82) is 0 Å². The number of benzene rings is 3. The summed E-state index contributed by atoms with van der Waals surface area (Å²) in [5.74, 6) is 0.251. The Morgan fingerprint density at radius 3 is 2.03 bits per heavy atom. The van der Waals surface area contributed by atoms with Crippen LogP contribution in [0.3, 0.4) is 0 Å². The normalized spacial score (nSPS) is 10.7. The Kier molecular flexibility index (Phi) is 5.61. The lowest BCUT2D eigenvalue weighted by Crippen LogP contribution is -2.33. The number of nitrogens with zero attached hydrogens (tertiary/aromatic N) is 1. The minimum atomic E-state index is -0.649. The van der Waals surface area contributed by atoms with E-state index in [0.717, 1.165) is 11.1 Å². The Hall–Kier alpha value is -3.86. The highest BCUT2D eigenvalue weighted by Crippen LogP contribution is 2.21. The maximum absolute atomic E-state index is 13.4. The molecule has 0 aliphatic heterocycles. The first-order chi connectivity index (χ1) is 14.6. The van der Waals surface area contributed by atoms with E-state index in [1.54, 1.807) is 36.3 Å². The Morgan fingerprint density at radius 1 is 0.867 bits per heavy atom. The summed E-state index contributed by atoms with van der Waals surface area (Å²) in [6.45, 7) is 0.758. The summed E-state index contributed by atoms with van der Waals surface area (Å²) in [5.41, 5.74) is 1.73. The molecule has 5 nitrogen and oxygen atoms in total. The highest BCUT2D eigenvalue weighted by Gasteiger charge is 2.21. The standard InChI is InChI=1S/C25H21NO4/c1-29-21-12-13-23-20(14-21)15-22(25(28)30-23)24(27)26(16-18-8-4-2-5-9-18)17-19-10-6-3-7-11-19/h2-15H,16-17H2,1H3. The smallest absolute Gasteiger partial charge is 0.349 e. The number of rotatable bonds is 6. The van der Waals surface area contributed by atoms with Gasteiger partial charge in [0.25, 0.3) is 5.91 Å². The average molecular weight is 399 g/mol. The molecular weight excluding hydrogens is 378 g/mol. The van der Waals surface area contributed by atoms with Crippen LogP contribution in [0.25, 0.3) is 11.0 Å². The van der Waals surface area contributed by atoms with Crippen LogP contribution in [0.1, 0.15) is 21.5 Å². The van der Waals surface area contributed by atoms with E-state index in [2.05, 4.69) is 0 Å². The highest BCUT2D eigenvalue weighted by molar-refractivity contribution is 5.96. The van der Waals surface area contributed by atoms with Gasteiger partial charge in [-0.05, 0) is 35.4 Å². The first kappa shape index (κ1) is 19.5. The fraction of sp³-hybridized carbons (Fsp3) is 0.120. The molecule has 0 bridgehead atoms. The molecule has 0 fully saturated rings. The molecule has 0 spiro atoms. The lowest BCUT2D eigenvalue weighted by Gasteiger charge is -2.23. The van der Waals surface area contributed by atoms with Gasteiger partial charge in [0.05, 0.1) is 7.11 Å². The van der Waals surface area contributed by atoms with Gasteiger partial charge in [-0.25, -0.2) is 4.79 Å². The topological polar surface area (TPSA) is 59.8 Å². The van der Waals surface area contributed by atoms with Gasteiger partial charge in [-0.3, -0.25) is 4.79 Å². The number of hydrogen-bond donors (Lipinski definition) is 0. The molecule has 0 radical (unpaired) electrons. The number of fused-ring (bicyclic) bond motifs is 1. The van der Waals surface area contributed by atoms with Crippen molar-refractivity contribution in [3.05, 3.63) is 112 Å². The van der Waals surface area contributed by atoms with Crippen molar-refractivity contribution < 1.29 is 13.9 Å². The second kappa shape index (κ2) is 8.66. The van der Waals surface area contributed by atoms with Crippen molar-refractivity contribution >= 4 is 16.9 Å². The summed E-state index contributed by atoms with van der Waals surface area (Å²) >= 11 is 0. The SMILES string of the molecule is COc1ccc2oc(=O)c(C(=O)N(Cc3ccccc3)Cc3ccccc3)cc2c1. The monoisotopic (exact) mass is 399 g/mol. The maximum Gasteiger partial charge on any atom is 0.349 e. The molecule has 1 heterocycles. The second-order valence-electron chi connectivity index (χ2n) is 6.98. The quantitative estimate of drug-likeness (QED) is 0.443. The molecule has 3 aromatic carbocycles. The van der Waals surface area contributed by atoms with Gasteiger partial charge < -0.3 is 14.1 Å². The third kappa shape index (κ3) is 4.25. The van der Waals surface area contributed by atoms with Crippen LogP contribution in [0.5, 0.6) is 5.75 Å². The van der Waals surface area contributed by atoms with Crippen molar-refractivity contribution in [1.82, 2.24) is 4.90 Å². The number of methoxy groups -OCH3 is 1. The van der Waals surface area contributed by atoms with Crippen LogP contribution in [-0.2, 0) is 13.1 Å². The highest BCUT2D eigenvalue weighted by atomic mass is 16.5.